The number of rotatable bonds is 7. The highest BCUT2D eigenvalue weighted by Crippen LogP contribution is 2.36. The lowest BCUT2D eigenvalue weighted by molar-refractivity contribution is 0.0509. The van der Waals surface area contributed by atoms with Crippen molar-refractivity contribution in [3.63, 3.8) is 0 Å². The quantitative estimate of drug-likeness (QED) is 0.595. The van der Waals surface area contributed by atoms with Crippen LogP contribution in [0.25, 0.3) is 0 Å². The zero-order valence-corrected chi connectivity index (χ0v) is 12.1. The third-order valence-electron chi connectivity index (χ3n) is 3.65. The Kier molecular flexibility index (Phi) is 5.05. The first-order valence-electron chi connectivity index (χ1n) is 6.51. The van der Waals surface area contributed by atoms with E-state index in [2.05, 4.69) is 5.43 Å². The molecule has 0 saturated heterocycles. The number of halogens is 1. The molecule has 0 amide bonds. The van der Waals surface area contributed by atoms with Gasteiger partial charge in [0.2, 0.25) is 0 Å². The van der Waals surface area contributed by atoms with Crippen molar-refractivity contribution in [1.82, 2.24) is 5.43 Å². The Morgan fingerprint density at radius 1 is 1.42 bits per heavy atom. The molecular weight excluding hydrogens is 264 g/mol. The third-order valence-corrected chi connectivity index (χ3v) is 3.89. The topological polar surface area (TPSA) is 56.5 Å². The second-order valence-electron chi connectivity index (χ2n) is 4.97. The molecule has 0 aliphatic heterocycles. The van der Waals surface area contributed by atoms with Crippen molar-refractivity contribution in [3.05, 3.63) is 28.8 Å². The largest absolute Gasteiger partial charge is 0.496 e. The first kappa shape index (κ1) is 14.6. The number of methoxy groups -OCH3 is 2. The molecule has 1 aliphatic carbocycles. The van der Waals surface area contributed by atoms with Crippen LogP contribution in [0.5, 0.6) is 5.75 Å². The number of hydrazine groups is 1. The van der Waals surface area contributed by atoms with Gasteiger partial charge in [-0.15, -0.1) is 0 Å². The van der Waals surface area contributed by atoms with Gasteiger partial charge in [-0.3, -0.25) is 11.3 Å². The maximum Gasteiger partial charge on any atom is 0.122 e. The van der Waals surface area contributed by atoms with E-state index < -0.39 is 0 Å². The van der Waals surface area contributed by atoms with Gasteiger partial charge in [0.05, 0.1) is 19.3 Å². The summed E-state index contributed by atoms with van der Waals surface area (Å²) in [6.45, 7) is 0. The van der Waals surface area contributed by atoms with Crippen LogP contribution in [0.1, 0.15) is 18.4 Å². The van der Waals surface area contributed by atoms with Crippen LogP contribution < -0.4 is 16.0 Å². The Hall–Kier alpha value is -0.810. The smallest absolute Gasteiger partial charge is 0.122 e. The van der Waals surface area contributed by atoms with Crippen LogP contribution in [-0.2, 0) is 11.2 Å². The number of ether oxygens (including phenoxy) is 2. The highest BCUT2D eigenvalue weighted by atomic mass is 35.5. The molecule has 5 heteroatoms. The van der Waals surface area contributed by atoms with E-state index in [1.807, 2.05) is 18.2 Å². The number of nitrogens with one attached hydrogen (secondary N) is 1. The fourth-order valence-corrected chi connectivity index (χ4v) is 2.72. The van der Waals surface area contributed by atoms with Crippen LogP contribution in [0.3, 0.4) is 0 Å². The van der Waals surface area contributed by atoms with Crippen LogP contribution in [0.15, 0.2) is 18.2 Å². The standard InChI is InChI=1S/C14H21ClN2O2/c1-18-13-6-5-11(15)7-10(13)8-12(17-16)14(19-2)9-3-4-9/h5-7,9,12,14,17H,3-4,8,16H2,1-2H3. The predicted octanol–water partition coefficient (Wildman–Crippen LogP) is 2.15. The molecule has 1 fully saturated rings. The maximum atomic E-state index is 6.05. The summed E-state index contributed by atoms with van der Waals surface area (Å²) in [5.74, 6) is 7.13. The lowest BCUT2D eigenvalue weighted by atomic mass is 9.98. The summed E-state index contributed by atoms with van der Waals surface area (Å²) >= 11 is 6.05. The summed E-state index contributed by atoms with van der Waals surface area (Å²) < 4.78 is 11.0. The van der Waals surface area contributed by atoms with E-state index in [1.165, 1.54) is 12.8 Å². The zero-order chi connectivity index (χ0) is 13.8. The summed E-state index contributed by atoms with van der Waals surface area (Å²) in [5.41, 5.74) is 3.91. The second-order valence-corrected chi connectivity index (χ2v) is 5.41. The second kappa shape index (κ2) is 6.57. The third kappa shape index (κ3) is 3.60. The molecule has 1 saturated carbocycles. The number of nitrogens with two attached hydrogens (primary N) is 1. The van der Waals surface area contributed by atoms with E-state index in [1.54, 1.807) is 14.2 Å². The minimum Gasteiger partial charge on any atom is -0.496 e. The molecule has 0 heterocycles. The van der Waals surface area contributed by atoms with Crippen molar-refractivity contribution in [2.45, 2.75) is 31.4 Å². The van der Waals surface area contributed by atoms with Crippen molar-refractivity contribution in [2.24, 2.45) is 11.8 Å². The summed E-state index contributed by atoms with van der Waals surface area (Å²) in [5, 5.41) is 0.701. The zero-order valence-electron chi connectivity index (χ0n) is 11.4. The molecule has 2 unspecified atom stereocenters. The lowest BCUT2D eigenvalue weighted by Crippen LogP contribution is -2.47. The first-order chi connectivity index (χ1) is 9.19. The predicted molar refractivity (Wildman–Crippen MR) is 76.3 cm³/mol. The van der Waals surface area contributed by atoms with Crippen LogP contribution >= 0.6 is 11.6 Å². The molecular formula is C14H21ClN2O2. The Bertz CT molecular complexity index is 424. The normalized spacial score (nSPS) is 18.1. The van der Waals surface area contributed by atoms with E-state index in [-0.39, 0.29) is 12.1 Å². The molecule has 0 radical (unpaired) electrons. The highest BCUT2D eigenvalue weighted by molar-refractivity contribution is 6.30. The van der Waals surface area contributed by atoms with Crippen LogP contribution in [0, 0.1) is 5.92 Å². The monoisotopic (exact) mass is 284 g/mol. The lowest BCUT2D eigenvalue weighted by Gasteiger charge is -2.26. The molecule has 2 rings (SSSR count). The van der Waals surface area contributed by atoms with Crippen molar-refractivity contribution in [2.75, 3.05) is 14.2 Å². The van der Waals surface area contributed by atoms with Gasteiger partial charge in [-0.1, -0.05) is 11.6 Å². The van der Waals surface area contributed by atoms with E-state index in [0.717, 1.165) is 17.7 Å². The SMILES string of the molecule is COc1ccc(Cl)cc1CC(NN)C(OC)C1CC1. The molecule has 2 atom stereocenters. The van der Waals surface area contributed by atoms with Gasteiger partial charge in [0.1, 0.15) is 5.75 Å². The molecule has 106 valence electrons. The van der Waals surface area contributed by atoms with Gasteiger partial charge in [0.15, 0.2) is 0 Å². The molecule has 0 aromatic heterocycles. The number of hydrogen-bond donors (Lipinski definition) is 2. The minimum atomic E-state index is 0.0601. The summed E-state index contributed by atoms with van der Waals surface area (Å²) in [6.07, 6.45) is 3.29. The first-order valence-corrected chi connectivity index (χ1v) is 6.88. The van der Waals surface area contributed by atoms with Gasteiger partial charge in [0.25, 0.3) is 0 Å². The number of hydrogen-bond acceptors (Lipinski definition) is 4. The highest BCUT2D eigenvalue weighted by Gasteiger charge is 2.36. The fourth-order valence-electron chi connectivity index (χ4n) is 2.52. The summed E-state index contributed by atoms with van der Waals surface area (Å²) in [4.78, 5) is 0. The Labute approximate surface area is 119 Å². The maximum absolute atomic E-state index is 6.05. The minimum absolute atomic E-state index is 0.0601. The van der Waals surface area contributed by atoms with Crippen LogP contribution in [-0.4, -0.2) is 26.4 Å². The molecule has 1 aliphatic rings. The van der Waals surface area contributed by atoms with E-state index in [4.69, 9.17) is 26.9 Å². The van der Waals surface area contributed by atoms with E-state index >= 15 is 0 Å². The van der Waals surface area contributed by atoms with Gasteiger partial charge in [-0.25, -0.2) is 0 Å². The van der Waals surface area contributed by atoms with Crippen LogP contribution in [0.2, 0.25) is 5.02 Å². The van der Waals surface area contributed by atoms with E-state index in [0.29, 0.717) is 10.9 Å². The molecule has 0 spiro atoms. The van der Waals surface area contributed by atoms with Crippen molar-refractivity contribution >= 4 is 11.6 Å². The van der Waals surface area contributed by atoms with Crippen molar-refractivity contribution < 1.29 is 9.47 Å². The molecule has 19 heavy (non-hydrogen) atoms. The molecule has 0 bridgehead atoms. The van der Waals surface area contributed by atoms with Crippen LogP contribution in [0.4, 0.5) is 0 Å². The Morgan fingerprint density at radius 3 is 2.68 bits per heavy atom. The number of benzene rings is 1. The Morgan fingerprint density at radius 2 is 2.16 bits per heavy atom. The average molecular weight is 285 g/mol. The molecule has 4 nitrogen and oxygen atoms in total. The van der Waals surface area contributed by atoms with Gasteiger partial charge in [0, 0.05) is 12.1 Å². The summed E-state index contributed by atoms with van der Waals surface area (Å²) in [6, 6.07) is 5.68. The van der Waals surface area contributed by atoms with Gasteiger partial charge >= 0.3 is 0 Å². The van der Waals surface area contributed by atoms with Gasteiger partial charge in [-0.2, -0.15) is 0 Å². The van der Waals surface area contributed by atoms with Gasteiger partial charge < -0.3 is 9.47 Å². The van der Waals surface area contributed by atoms with Gasteiger partial charge in [-0.05, 0) is 48.9 Å². The summed E-state index contributed by atoms with van der Waals surface area (Å²) in [7, 11) is 3.40. The molecule has 1 aromatic carbocycles. The fraction of sp³-hybridized carbons (Fsp3) is 0.571. The van der Waals surface area contributed by atoms with Crippen molar-refractivity contribution in [1.29, 1.82) is 0 Å². The van der Waals surface area contributed by atoms with Crippen molar-refractivity contribution in [3.8, 4) is 5.75 Å². The average Bonchev–Trinajstić information content (AvgIpc) is 3.23. The van der Waals surface area contributed by atoms with E-state index in [9.17, 15) is 0 Å². The molecule has 1 aromatic rings. The molecule has 3 N–H and O–H groups in total. The Balaban J connectivity index is 2.14.